The lowest BCUT2D eigenvalue weighted by molar-refractivity contribution is -0.733. The number of para-hydroxylation sites is 2. The molecule has 0 bridgehead atoms. The topological polar surface area (TPSA) is 8.88 Å². The van der Waals surface area contributed by atoms with E-state index >= 15 is 0 Å². The van der Waals surface area contributed by atoms with Crippen LogP contribution in [-0.2, 0) is 0 Å². The smallest absolute Gasteiger partial charge is 0.144 e. The van der Waals surface area contributed by atoms with Crippen LogP contribution in [0.3, 0.4) is 0 Å². The van der Waals surface area contributed by atoms with E-state index in [1.54, 1.807) is 0 Å². The van der Waals surface area contributed by atoms with Gasteiger partial charge in [0.15, 0.2) is 0 Å². The Morgan fingerprint density at radius 2 is 0.805 bits per heavy atom. The summed E-state index contributed by atoms with van der Waals surface area (Å²) in [6.45, 7) is 0. The average Bonchev–Trinajstić information content (AvgIpc) is 3.06. The van der Waals surface area contributed by atoms with Crippen LogP contribution in [-0.4, -0.2) is 7.05 Å². The van der Waals surface area contributed by atoms with Crippen LogP contribution in [0.5, 0.6) is 0 Å². The molecule has 0 amide bonds. The van der Waals surface area contributed by atoms with E-state index in [2.05, 4.69) is 171 Å². The lowest BCUT2D eigenvalue weighted by Crippen LogP contribution is -2.98. The summed E-state index contributed by atoms with van der Waals surface area (Å²) >= 11 is 0. The number of rotatable bonds is 6. The van der Waals surface area contributed by atoms with Gasteiger partial charge >= 0.3 is 0 Å². The highest BCUT2D eigenvalue weighted by Gasteiger charge is 2.19. The maximum atomic E-state index is 2.34. The number of fused-ring (bicyclic) bond motifs is 3. The largest absolute Gasteiger partial charge is 0.272 e. The fraction of sp³-hybridized carbons (Fsp3) is 0.0256. The Morgan fingerprint density at radius 3 is 1.39 bits per heavy atom. The van der Waals surface area contributed by atoms with Gasteiger partial charge in [-0.1, -0.05) is 78.9 Å². The van der Waals surface area contributed by atoms with Gasteiger partial charge < -0.3 is 0 Å². The van der Waals surface area contributed by atoms with Crippen molar-refractivity contribution < 1.29 is 9.80 Å². The van der Waals surface area contributed by atoms with E-state index in [-0.39, 0.29) is 0 Å². The van der Waals surface area contributed by atoms with Crippen molar-refractivity contribution in [1.29, 1.82) is 0 Å². The van der Waals surface area contributed by atoms with Crippen molar-refractivity contribution >= 4 is 50.0 Å². The van der Waals surface area contributed by atoms with Gasteiger partial charge in [-0.25, -0.2) is 4.90 Å². The molecule has 41 heavy (non-hydrogen) atoms. The second-order valence-electron chi connectivity index (χ2n) is 10.6. The van der Waals surface area contributed by atoms with Gasteiger partial charge in [0.05, 0.1) is 7.05 Å². The van der Waals surface area contributed by atoms with Crippen molar-refractivity contribution in [1.82, 2.24) is 0 Å². The third-order valence-corrected chi connectivity index (χ3v) is 8.12. The van der Waals surface area contributed by atoms with Gasteiger partial charge in [0.25, 0.3) is 0 Å². The molecule has 2 heteroatoms. The lowest BCUT2D eigenvalue weighted by atomic mass is 9.99. The molecule has 0 heterocycles. The van der Waals surface area contributed by atoms with Crippen LogP contribution in [0.15, 0.2) is 164 Å². The van der Waals surface area contributed by atoms with Crippen LogP contribution in [0.25, 0.3) is 32.7 Å². The van der Waals surface area contributed by atoms with Crippen molar-refractivity contribution in [2.75, 3.05) is 7.05 Å². The predicted octanol–water partition coefficient (Wildman–Crippen LogP) is 8.32. The third kappa shape index (κ3) is 4.81. The first-order valence-corrected chi connectivity index (χ1v) is 14.2. The van der Waals surface area contributed by atoms with Gasteiger partial charge in [-0.05, 0) is 81.9 Å². The zero-order valence-electron chi connectivity index (χ0n) is 23.1. The van der Waals surface area contributed by atoms with Crippen molar-refractivity contribution in [3.8, 4) is 11.1 Å². The summed E-state index contributed by atoms with van der Waals surface area (Å²) in [5.74, 6) is 0. The molecule has 0 radical (unpaired) electrons. The molecule has 0 aliphatic heterocycles. The molecule has 1 atom stereocenters. The van der Waals surface area contributed by atoms with Gasteiger partial charge in [0, 0.05) is 35.7 Å². The van der Waals surface area contributed by atoms with Crippen molar-refractivity contribution in [2.24, 2.45) is 0 Å². The number of hydrogen-bond donors (Lipinski definition) is 2. The minimum Gasteiger partial charge on any atom is -0.272 e. The fourth-order valence-electron chi connectivity index (χ4n) is 5.97. The molecule has 0 spiro atoms. The van der Waals surface area contributed by atoms with E-state index in [0.717, 1.165) is 0 Å². The van der Waals surface area contributed by atoms with Crippen LogP contribution in [0.4, 0.5) is 28.4 Å². The Balaban J connectivity index is 1.19. The van der Waals surface area contributed by atoms with Crippen LogP contribution >= 0.6 is 0 Å². The molecule has 7 aromatic rings. The highest BCUT2D eigenvalue weighted by atomic mass is 15.1. The van der Waals surface area contributed by atoms with Crippen molar-refractivity contribution in [3.63, 3.8) is 0 Å². The highest BCUT2D eigenvalue weighted by Crippen LogP contribution is 2.31. The maximum Gasteiger partial charge on any atom is 0.144 e. The molecule has 196 valence electrons. The number of hydrogen-bond acceptors (Lipinski definition) is 0. The third-order valence-electron chi connectivity index (χ3n) is 8.12. The molecule has 0 aliphatic carbocycles. The van der Waals surface area contributed by atoms with E-state index in [4.69, 9.17) is 0 Å². The van der Waals surface area contributed by atoms with Gasteiger partial charge in [0.1, 0.15) is 28.4 Å². The zero-order chi connectivity index (χ0) is 27.6. The molecule has 2 N–H and O–H groups in total. The lowest BCUT2D eigenvalue weighted by Gasteiger charge is -2.19. The average molecular weight is 529 g/mol. The molecular formula is C39H32N2+2. The first kappa shape index (κ1) is 25.0. The monoisotopic (exact) mass is 528 g/mol. The second-order valence-corrected chi connectivity index (χ2v) is 10.6. The summed E-state index contributed by atoms with van der Waals surface area (Å²) in [7, 11) is 2.24. The van der Waals surface area contributed by atoms with Crippen LogP contribution in [0.1, 0.15) is 0 Å². The Morgan fingerprint density at radius 1 is 0.366 bits per heavy atom. The number of nitrogens with one attached hydrogen (secondary N) is 2. The van der Waals surface area contributed by atoms with Crippen LogP contribution in [0.2, 0.25) is 0 Å². The molecule has 7 rings (SSSR count). The SMILES string of the molecule is C[NH+](c1ccc(-c2ccc([NH+](c3ccccc3)c3ccccc3)cc2)cc1)c1cc2ccccc2c2ccccc12. The molecule has 2 nitrogen and oxygen atoms in total. The first-order valence-electron chi connectivity index (χ1n) is 14.2. The summed E-state index contributed by atoms with van der Waals surface area (Å²) in [6.07, 6.45) is 0. The van der Waals surface area contributed by atoms with Gasteiger partial charge in [-0.15, -0.1) is 0 Å². The summed E-state index contributed by atoms with van der Waals surface area (Å²) in [5.41, 5.74) is 8.64. The molecule has 1 unspecified atom stereocenters. The second kappa shape index (κ2) is 10.9. The zero-order valence-corrected chi connectivity index (χ0v) is 23.1. The van der Waals surface area contributed by atoms with E-state index in [1.165, 1.54) is 70.9 Å². The van der Waals surface area contributed by atoms with Crippen molar-refractivity contribution in [2.45, 2.75) is 0 Å². The summed E-state index contributed by atoms with van der Waals surface area (Å²) in [4.78, 5) is 2.54. The normalized spacial score (nSPS) is 12.1. The van der Waals surface area contributed by atoms with E-state index in [0.29, 0.717) is 0 Å². The number of quaternary nitrogens is 2. The molecular weight excluding hydrogens is 496 g/mol. The number of benzene rings is 7. The fourth-order valence-corrected chi connectivity index (χ4v) is 5.97. The van der Waals surface area contributed by atoms with E-state index < -0.39 is 0 Å². The Bertz CT molecular complexity index is 1890. The minimum atomic E-state index is 1.22. The molecule has 0 saturated heterocycles. The minimum absolute atomic E-state index is 1.22. The van der Waals surface area contributed by atoms with Crippen molar-refractivity contribution in [3.05, 3.63) is 164 Å². The van der Waals surface area contributed by atoms with Gasteiger partial charge in [-0.3, -0.25) is 4.90 Å². The molecule has 0 aliphatic rings. The molecule has 0 aromatic heterocycles. The van der Waals surface area contributed by atoms with E-state index in [1.807, 2.05) is 0 Å². The maximum absolute atomic E-state index is 2.34. The van der Waals surface area contributed by atoms with Crippen LogP contribution in [0, 0.1) is 0 Å². The Kier molecular flexibility index (Phi) is 6.62. The standard InChI is InChI=1S/C39H30N2/c1-40(39-28-31-12-8-9-17-36(31)37-18-10-11-19-38(37)39)32-24-20-29(21-25-32)30-22-26-35(27-23-30)41(33-13-4-2-5-14-33)34-15-6-3-7-16-34/h2-28H,1H3/p+2. The molecule has 0 saturated carbocycles. The van der Waals surface area contributed by atoms with E-state index in [9.17, 15) is 0 Å². The van der Waals surface area contributed by atoms with Gasteiger partial charge in [-0.2, -0.15) is 0 Å². The summed E-state index contributed by atoms with van der Waals surface area (Å²) in [5, 5.41) is 5.18. The Labute approximate surface area is 241 Å². The molecule has 0 fully saturated rings. The molecule has 7 aromatic carbocycles. The van der Waals surface area contributed by atoms with Crippen LogP contribution < -0.4 is 9.80 Å². The quantitative estimate of drug-likeness (QED) is 0.201. The highest BCUT2D eigenvalue weighted by molar-refractivity contribution is 6.11. The first-order chi connectivity index (χ1) is 20.3. The summed E-state index contributed by atoms with van der Waals surface area (Å²) < 4.78 is 0. The van der Waals surface area contributed by atoms with Gasteiger partial charge in [0.2, 0.25) is 0 Å². The summed E-state index contributed by atoms with van der Waals surface area (Å²) in [6, 6.07) is 59.1. The predicted molar refractivity (Wildman–Crippen MR) is 172 cm³/mol. The Hall–Kier alpha value is -5.02.